The molecule has 0 aliphatic carbocycles. The number of β-amino-alcohol motifs (C(OH)–C–C–N with tert-alkyl or cyclic N) is 1. The Bertz CT molecular complexity index is 359. The molecule has 0 saturated carbocycles. The maximum atomic E-state index is 10.2. The molecule has 0 spiro atoms. The van der Waals surface area contributed by atoms with E-state index in [0.717, 1.165) is 37.6 Å². The Morgan fingerprint density at radius 3 is 2.39 bits per heavy atom. The van der Waals surface area contributed by atoms with E-state index in [2.05, 4.69) is 9.80 Å². The summed E-state index contributed by atoms with van der Waals surface area (Å²) in [6.45, 7) is 4.04. The molecule has 1 fully saturated rings. The zero-order valence-corrected chi connectivity index (χ0v) is 11.2. The van der Waals surface area contributed by atoms with Gasteiger partial charge in [-0.25, -0.2) is 0 Å². The summed E-state index contributed by atoms with van der Waals surface area (Å²) in [6, 6.07) is 8.08. The number of anilines is 1. The number of hydrogen-bond acceptors (Lipinski definition) is 4. The van der Waals surface area contributed by atoms with Crippen LogP contribution in [0.5, 0.6) is 0 Å². The SMILES string of the molecule is CN(C)c1ccc(C(O)CN2CCOCC2)cc1. The lowest BCUT2D eigenvalue weighted by Crippen LogP contribution is -2.38. The van der Waals surface area contributed by atoms with Crippen LogP contribution in [0.2, 0.25) is 0 Å². The molecule has 0 radical (unpaired) electrons. The fraction of sp³-hybridized carbons (Fsp3) is 0.571. The lowest BCUT2D eigenvalue weighted by atomic mass is 10.1. The first kappa shape index (κ1) is 13.3. The molecule has 0 amide bonds. The molecular formula is C14H22N2O2. The second-order valence-corrected chi connectivity index (χ2v) is 4.91. The minimum absolute atomic E-state index is 0.417. The number of hydrogen-bond donors (Lipinski definition) is 1. The van der Waals surface area contributed by atoms with E-state index >= 15 is 0 Å². The van der Waals surface area contributed by atoms with E-state index in [0.29, 0.717) is 6.54 Å². The molecule has 1 unspecified atom stereocenters. The molecule has 1 aromatic rings. The summed E-state index contributed by atoms with van der Waals surface area (Å²) in [4.78, 5) is 4.30. The molecule has 1 aliphatic rings. The lowest BCUT2D eigenvalue weighted by Gasteiger charge is -2.28. The Hall–Kier alpha value is -1.10. The van der Waals surface area contributed by atoms with Crippen LogP contribution in [0.25, 0.3) is 0 Å². The van der Waals surface area contributed by atoms with Crippen molar-refractivity contribution in [1.29, 1.82) is 0 Å². The van der Waals surface area contributed by atoms with Crippen molar-refractivity contribution in [3.8, 4) is 0 Å². The molecule has 0 bridgehead atoms. The van der Waals surface area contributed by atoms with Crippen LogP contribution in [0.15, 0.2) is 24.3 Å². The number of nitrogens with zero attached hydrogens (tertiary/aromatic N) is 2. The van der Waals surface area contributed by atoms with Crippen molar-refractivity contribution >= 4 is 5.69 Å². The minimum Gasteiger partial charge on any atom is -0.387 e. The van der Waals surface area contributed by atoms with Crippen molar-refractivity contribution in [2.24, 2.45) is 0 Å². The van der Waals surface area contributed by atoms with Crippen LogP contribution in [0, 0.1) is 0 Å². The molecular weight excluding hydrogens is 228 g/mol. The summed E-state index contributed by atoms with van der Waals surface area (Å²) in [5, 5.41) is 10.2. The quantitative estimate of drug-likeness (QED) is 0.868. The van der Waals surface area contributed by atoms with Gasteiger partial charge in [-0.3, -0.25) is 4.90 Å². The number of aliphatic hydroxyl groups is 1. The van der Waals surface area contributed by atoms with Crippen molar-refractivity contribution in [2.75, 3.05) is 51.8 Å². The van der Waals surface area contributed by atoms with Gasteiger partial charge in [-0.2, -0.15) is 0 Å². The third kappa shape index (κ3) is 3.45. The first-order chi connectivity index (χ1) is 8.66. The van der Waals surface area contributed by atoms with E-state index in [1.807, 2.05) is 38.4 Å². The summed E-state index contributed by atoms with van der Waals surface area (Å²) in [7, 11) is 4.03. The van der Waals surface area contributed by atoms with Crippen molar-refractivity contribution < 1.29 is 9.84 Å². The summed E-state index contributed by atoms with van der Waals surface area (Å²) in [5.41, 5.74) is 2.13. The molecule has 1 N–H and O–H groups in total. The second kappa shape index (κ2) is 6.18. The molecule has 2 rings (SSSR count). The molecule has 1 atom stereocenters. The van der Waals surface area contributed by atoms with Gasteiger partial charge in [0.15, 0.2) is 0 Å². The predicted molar refractivity (Wildman–Crippen MR) is 73.0 cm³/mol. The van der Waals surface area contributed by atoms with Gasteiger partial charge in [0, 0.05) is 39.4 Å². The maximum absolute atomic E-state index is 10.2. The summed E-state index contributed by atoms with van der Waals surface area (Å²) < 4.78 is 5.30. The molecule has 1 aromatic carbocycles. The zero-order chi connectivity index (χ0) is 13.0. The third-order valence-corrected chi connectivity index (χ3v) is 3.33. The van der Waals surface area contributed by atoms with Crippen LogP contribution in [-0.2, 0) is 4.74 Å². The van der Waals surface area contributed by atoms with Gasteiger partial charge in [-0.1, -0.05) is 12.1 Å². The van der Waals surface area contributed by atoms with Crippen molar-refractivity contribution in [3.63, 3.8) is 0 Å². The highest BCUT2D eigenvalue weighted by molar-refractivity contribution is 5.46. The number of aliphatic hydroxyl groups excluding tert-OH is 1. The largest absolute Gasteiger partial charge is 0.387 e. The molecule has 18 heavy (non-hydrogen) atoms. The van der Waals surface area contributed by atoms with Gasteiger partial charge in [0.25, 0.3) is 0 Å². The average Bonchev–Trinajstić information content (AvgIpc) is 2.40. The van der Waals surface area contributed by atoms with Gasteiger partial charge in [-0.05, 0) is 17.7 Å². The number of morpholine rings is 1. The highest BCUT2D eigenvalue weighted by Gasteiger charge is 2.16. The van der Waals surface area contributed by atoms with Gasteiger partial charge in [-0.15, -0.1) is 0 Å². The van der Waals surface area contributed by atoms with Crippen molar-refractivity contribution in [3.05, 3.63) is 29.8 Å². The van der Waals surface area contributed by atoms with E-state index in [1.165, 1.54) is 0 Å². The number of ether oxygens (including phenoxy) is 1. The standard InChI is InChI=1S/C14H22N2O2/c1-15(2)13-5-3-12(4-6-13)14(17)11-16-7-9-18-10-8-16/h3-6,14,17H,7-11H2,1-2H3. The number of rotatable bonds is 4. The monoisotopic (exact) mass is 250 g/mol. The fourth-order valence-electron chi connectivity index (χ4n) is 2.13. The molecule has 100 valence electrons. The van der Waals surface area contributed by atoms with Gasteiger partial charge in [0.2, 0.25) is 0 Å². The van der Waals surface area contributed by atoms with Crippen LogP contribution in [-0.4, -0.2) is 56.9 Å². The third-order valence-electron chi connectivity index (χ3n) is 3.33. The second-order valence-electron chi connectivity index (χ2n) is 4.91. The van der Waals surface area contributed by atoms with E-state index in [1.54, 1.807) is 0 Å². The molecule has 4 nitrogen and oxygen atoms in total. The average molecular weight is 250 g/mol. The van der Waals surface area contributed by atoms with Gasteiger partial charge >= 0.3 is 0 Å². The van der Waals surface area contributed by atoms with E-state index in [-0.39, 0.29) is 0 Å². The van der Waals surface area contributed by atoms with Crippen LogP contribution < -0.4 is 4.90 Å². The Balaban J connectivity index is 1.93. The molecule has 1 heterocycles. The predicted octanol–water partition coefficient (Wildman–Crippen LogP) is 1.12. The summed E-state index contributed by atoms with van der Waals surface area (Å²) in [5.74, 6) is 0. The van der Waals surface area contributed by atoms with E-state index in [4.69, 9.17) is 4.74 Å². The van der Waals surface area contributed by atoms with E-state index in [9.17, 15) is 5.11 Å². The molecule has 1 saturated heterocycles. The van der Waals surface area contributed by atoms with Crippen LogP contribution >= 0.6 is 0 Å². The maximum Gasteiger partial charge on any atom is 0.0916 e. The fourth-order valence-corrected chi connectivity index (χ4v) is 2.13. The highest BCUT2D eigenvalue weighted by atomic mass is 16.5. The summed E-state index contributed by atoms with van der Waals surface area (Å²) >= 11 is 0. The first-order valence-electron chi connectivity index (χ1n) is 6.42. The smallest absolute Gasteiger partial charge is 0.0916 e. The van der Waals surface area contributed by atoms with Gasteiger partial charge in [0.1, 0.15) is 0 Å². The molecule has 1 aliphatic heterocycles. The van der Waals surface area contributed by atoms with Crippen molar-refractivity contribution in [2.45, 2.75) is 6.10 Å². The Kier molecular flexibility index (Phi) is 4.58. The Labute approximate surface area is 109 Å². The topological polar surface area (TPSA) is 35.9 Å². The summed E-state index contributed by atoms with van der Waals surface area (Å²) in [6.07, 6.45) is -0.417. The lowest BCUT2D eigenvalue weighted by molar-refractivity contribution is 0.0143. The van der Waals surface area contributed by atoms with Crippen molar-refractivity contribution in [1.82, 2.24) is 4.90 Å². The minimum atomic E-state index is -0.417. The van der Waals surface area contributed by atoms with Gasteiger partial charge in [0.05, 0.1) is 19.3 Å². The Morgan fingerprint density at radius 2 is 1.83 bits per heavy atom. The molecule has 4 heteroatoms. The Morgan fingerprint density at radius 1 is 1.22 bits per heavy atom. The van der Waals surface area contributed by atoms with E-state index < -0.39 is 6.10 Å². The zero-order valence-electron chi connectivity index (χ0n) is 11.2. The van der Waals surface area contributed by atoms with Crippen LogP contribution in [0.1, 0.15) is 11.7 Å². The molecule has 0 aromatic heterocycles. The first-order valence-corrected chi connectivity index (χ1v) is 6.42. The number of benzene rings is 1. The van der Waals surface area contributed by atoms with Gasteiger partial charge < -0.3 is 14.7 Å². The van der Waals surface area contributed by atoms with Crippen LogP contribution in [0.3, 0.4) is 0 Å². The highest BCUT2D eigenvalue weighted by Crippen LogP contribution is 2.19. The van der Waals surface area contributed by atoms with Crippen LogP contribution in [0.4, 0.5) is 5.69 Å². The normalized spacial score (nSPS) is 18.6.